The van der Waals surface area contributed by atoms with Gasteiger partial charge in [0.2, 0.25) is 4.96 Å². The van der Waals surface area contributed by atoms with Gasteiger partial charge in [0, 0.05) is 12.3 Å². The number of nitrogens with zero attached hydrogens (tertiary/aromatic N) is 4. The molecule has 2 aromatic heterocycles. The number of nitrogens with two attached hydrogens (primary N) is 1. The minimum absolute atomic E-state index is 0.344. The van der Waals surface area contributed by atoms with Crippen molar-refractivity contribution in [3.05, 3.63) is 10.8 Å². The van der Waals surface area contributed by atoms with Crippen LogP contribution in [0.4, 0.5) is 0 Å². The molecule has 0 saturated heterocycles. The Hall–Kier alpha value is -1.01. The van der Waals surface area contributed by atoms with E-state index in [4.69, 9.17) is 5.73 Å². The summed E-state index contributed by atoms with van der Waals surface area (Å²) in [5, 5.41) is 13.9. The van der Waals surface area contributed by atoms with Crippen LogP contribution in [0, 0.1) is 5.92 Å². The molecule has 6 heteroatoms. The molecule has 0 aliphatic rings. The zero-order chi connectivity index (χ0) is 11.7. The molecule has 2 rings (SSSR count). The van der Waals surface area contributed by atoms with E-state index in [1.54, 1.807) is 11.3 Å². The molecule has 2 heterocycles. The van der Waals surface area contributed by atoms with E-state index < -0.39 is 0 Å². The van der Waals surface area contributed by atoms with Crippen LogP contribution in [0.1, 0.15) is 37.5 Å². The molecule has 5 nitrogen and oxygen atoms in total. The second kappa shape index (κ2) is 4.47. The summed E-state index contributed by atoms with van der Waals surface area (Å²) in [6.07, 6.45) is 0.919. The maximum Gasteiger partial charge on any atom is 0.234 e. The molecule has 0 aromatic carbocycles. The number of rotatable bonds is 4. The zero-order valence-electron chi connectivity index (χ0n) is 9.84. The third-order valence-corrected chi connectivity index (χ3v) is 3.42. The molecular formula is C10H17N5S. The highest BCUT2D eigenvalue weighted by Crippen LogP contribution is 2.20. The Morgan fingerprint density at radius 1 is 1.31 bits per heavy atom. The molecule has 16 heavy (non-hydrogen) atoms. The van der Waals surface area contributed by atoms with Gasteiger partial charge in [0.1, 0.15) is 5.01 Å². The van der Waals surface area contributed by atoms with Crippen LogP contribution in [-0.2, 0) is 6.42 Å². The van der Waals surface area contributed by atoms with Crippen molar-refractivity contribution < 1.29 is 0 Å². The van der Waals surface area contributed by atoms with E-state index in [1.165, 1.54) is 0 Å². The lowest BCUT2D eigenvalue weighted by molar-refractivity contribution is 0.583. The topological polar surface area (TPSA) is 69.1 Å². The van der Waals surface area contributed by atoms with Gasteiger partial charge in [0.25, 0.3) is 0 Å². The predicted molar refractivity (Wildman–Crippen MR) is 64.7 cm³/mol. The smallest absolute Gasteiger partial charge is 0.234 e. The summed E-state index contributed by atoms with van der Waals surface area (Å²) in [6, 6.07) is 0. The Labute approximate surface area is 98.7 Å². The maximum absolute atomic E-state index is 5.61. The van der Waals surface area contributed by atoms with Crippen molar-refractivity contribution in [1.82, 2.24) is 19.8 Å². The minimum atomic E-state index is 0.344. The van der Waals surface area contributed by atoms with E-state index in [0.29, 0.717) is 18.4 Å². The molecule has 0 aliphatic carbocycles. The third-order valence-electron chi connectivity index (χ3n) is 2.50. The van der Waals surface area contributed by atoms with E-state index >= 15 is 0 Å². The molecule has 0 saturated carbocycles. The van der Waals surface area contributed by atoms with Crippen molar-refractivity contribution >= 4 is 16.3 Å². The number of fused-ring (bicyclic) bond motifs is 1. The van der Waals surface area contributed by atoms with Gasteiger partial charge in [-0.1, -0.05) is 32.1 Å². The van der Waals surface area contributed by atoms with Crippen molar-refractivity contribution in [2.24, 2.45) is 11.7 Å². The summed E-state index contributed by atoms with van der Waals surface area (Å²) in [5.74, 6) is 1.74. The van der Waals surface area contributed by atoms with Crippen molar-refractivity contribution in [2.45, 2.75) is 33.1 Å². The first-order valence-corrected chi connectivity index (χ1v) is 6.34. The van der Waals surface area contributed by atoms with E-state index in [1.807, 2.05) is 4.52 Å². The van der Waals surface area contributed by atoms with E-state index in [0.717, 1.165) is 22.2 Å². The normalized spacial score (nSPS) is 13.8. The Kier molecular flexibility index (Phi) is 3.20. The summed E-state index contributed by atoms with van der Waals surface area (Å²) >= 11 is 1.60. The third kappa shape index (κ3) is 2.08. The average Bonchev–Trinajstić information content (AvgIpc) is 2.75. The van der Waals surface area contributed by atoms with Gasteiger partial charge in [0.15, 0.2) is 5.82 Å². The minimum Gasteiger partial charge on any atom is -0.330 e. The highest BCUT2D eigenvalue weighted by atomic mass is 32.1. The van der Waals surface area contributed by atoms with Crippen LogP contribution in [0.15, 0.2) is 0 Å². The predicted octanol–water partition coefficient (Wildman–Crippen LogP) is 1.45. The van der Waals surface area contributed by atoms with Crippen LogP contribution in [0.5, 0.6) is 0 Å². The first kappa shape index (κ1) is 11.5. The number of aromatic nitrogens is 4. The fraction of sp³-hybridized carbons (Fsp3) is 0.700. The van der Waals surface area contributed by atoms with Gasteiger partial charge in [-0.3, -0.25) is 0 Å². The maximum atomic E-state index is 5.61. The molecular weight excluding hydrogens is 222 g/mol. The number of hydrogen-bond donors (Lipinski definition) is 1. The van der Waals surface area contributed by atoms with Gasteiger partial charge < -0.3 is 5.73 Å². The largest absolute Gasteiger partial charge is 0.330 e. The molecule has 0 bridgehead atoms. The standard InChI is InChI=1S/C10H17N5S/c1-6(2)9-12-13-10-15(9)14-8(16-10)4-7(3)5-11/h6-7H,4-5,11H2,1-3H3. The molecule has 0 amide bonds. The van der Waals surface area contributed by atoms with Crippen molar-refractivity contribution in [1.29, 1.82) is 0 Å². The van der Waals surface area contributed by atoms with Crippen LogP contribution < -0.4 is 5.73 Å². The average molecular weight is 239 g/mol. The molecule has 2 N–H and O–H groups in total. The summed E-state index contributed by atoms with van der Waals surface area (Å²) in [4.78, 5) is 0.878. The van der Waals surface area contributed by atoms with Crippen LogP contribution in [-0.4, -0.2) is 26.4 Å². The van der Waals surface area contributed by atoms with Crippen LogP contribution >= 0.6 is 11.3 Å². The first-order valence-electron chi connectivity index (χ1n) is 5.53. The summed E-state index contributed by atoms with van der Waals surface area (Å²) in [7, 11) is 0. The molecule has 1 atom stereocenters. The van der Waals surface area contributed by atoms with Crippen LogP contribution in [0.2, 0.25) is 0 Å². The molecule has 0 spiro atoms. The highest BCUT2D eigenvalue weighted by Gasteiger charge is 2.14. The summed E-state index contributed by atoms with van der Waals surface area (Å²) < 4.78 is 1.86. The van der Waals surface area contributed by atoms with Gasteiger partial charge in [0.05, 0.1) is 0 Å². The Morgan fingerprint density at radius 2 is 2.06 bits per heavy atom. The fourth-order valence-corrected chi connectivity index (χ4v) is 2.50. The van der Waals surface area contributed by atoms with Crippen molar-refractivity contribution in [3.8, 4) is 0 Å². The van der Waals surface area contributed by atoms with Gasteiger partial charge in [-0.05, 0) is 12.5 Å². The molecule has 2 aromatic rings. The molecule has 1 unspecified atom stereocenters. The van der Waals surface area contributed by atoms with Gasteiger partial charge in [-0.2, -0.15) is 9.61 Å². The van der Waals surface area contributed by atoms with Gasteiger partial charge in [-0.25, -0.2) is 0 Å². The zero-order valence-corrected chi connectivity index (χ0v) is 10.7. The molecule has 0 fully saturated rings. The Bertz CT molecular complexity index is 472. The van der Waals surface area contributed by atoms with E-state index in [-0.39, 0.29) is 0 Å². The van der Waals surface area contributed by atoms with Crippen LogP contribution in [0.3, 0.4) is 0 Å². The van der Waals surface area contributed by atoms with Crippen LogP contribution in [0.25, 0.3) is 4.96 Å². The summed E-state index contributed by atoms with van der Waals surface area (Å²) in [5.41, 5.74) is 5.61. The highest BCUT2D eigenvalue weighted by molar-refractivity contribution is 7.16. The fourth-order valence-electron chi connectivity index (χ4n) is 1.50. The quantitative estimate of drug-likeness (QED) is 0.876. The lowest BCUT2D eigenvalue weighted by Crippen LogP contribution is -2.13. The lowest BCUT2D eigenvalue weighted by Gasteiger charge is -2.03. The Morgan fingerprint density at radius 3 is 2.69 bits per heavy atom. The first-order chi connectivity index (χ1) is 7.61. The molecule has 0 aliphatic heterocycles. The van der Waals surface area contributed by atoms with Gasteiger partial charge >= 0.3 is 0 Å². The van der Waals surface area contributed by atoms with Crippen molar-refractivity contribution in [3.63, 3.8) is 0 Å². The monoisotopic (exact) mass is 239 g/mol. The second-order valence-corrected chi connectivity index (χ2v) is 5.49. The van der Waals surface area contributed by atoms with E-state index in [2.05, 4.69) is 36.1 Å². The number of hydrogen-bond acceptors (Lipinski definition) is 5. The molecule has 0 radical (unpaired) electrons. The van der Waals surface area contributed by atoms with Crippen molar-refractivity contribution in [2.75, 3.05) is 6.54 Å². The van der Waals surface area contributed by atoms with E-state index in [9.17, 15) is 0 Å². The summed E-state index contributed by atoms with van der Waals surface area (Å²) in [6.45, 7) is 7.01. The Balaban J connectivity index is 2.30. The molecule has 88 valence electrons. The van der Waals surface area contributed by atoms with Gasteiger partial charge in [-0.15, -0.1) is 10.2 Å². The second-order valence-electron chi connectivity index (χ2n) is 4.45. The lowest BCUT2D eigenvalue weighted by atomic mass is 10.1. The SMILES string of the molecule is CC(CN)Cc1nn2c(C(C)C)nnc2s1.